The molecule has 0 fully saturated rings. The molecule has 0 saturated heterocycles. The van der Waals surface area contributed by atoms with Gasteiger partial charge in [-0.25, -0.2) is 0 Å². The lowest BCUT2D eigenvalue weighted by atomic mass is 9.90. The normalized spacial score (nSPS) is 11.5. The van der Waals surface area contributed by atoms with Crippen LogP contribution in [0.5, 0.6) is 0 Å². The van der Waals surface area contributed by atoms with Gasteiger partial charge in [-0.15, -0.1) is 0 Å². The number of rotatable bonds is 7. The van der Waals surface area contributed by atoms with Crippen molar-refractivity contribution in [1.29, 1.82) is 0 Å². The minimum Gasteiger partial charge on any atom is -0.0654 e. The Kier molecular flexibility index (Phi) is 6.65. The summed E-state index contributed by atoms with van der Waals surface area (Å²) in [6, 6.07) is 15.8. The van der Waals surface area contributed by atoms with Crippen LogP contribution in [0, 0.1) is 13.8 Å². The fourth-order valence-corrected chi connectivity index (χ4v) is 3.11. The van der Waals surface area contributed by atoms with E-state index in [0.717, 1.165) is 5.92 Å². The van der Waals surface area contributed by atoms with Crippen LogP contribution in [0.4, 0.5) is 0 Å². The molecular formula is C23H30. The van der Waals surface area contributed by atoms with Gasteiger partial charge >= 0.3 is 0 Å². The first-order chi connectivity index (χ1) is 11.1. The molecule has 0 aliphatic rings. The van der Waals surface area contributed by atoms with E-state index in [1.165, 1.54) is 53.5 Å². The average molecular weight is 306 g/mol. The van der Waals surface area contributed by atoms with Crippen molar-refractivity contribution in [2.75, 3.05) is 0 Å². The zero-order chi connectivity index (χ0) is 16.7. The predicted molar refractivity (Wildman–Crippen MR) is 104 cm³/mol. The van der Waals surface area contributed by atoms with Crippen LogP contribution in [0.1, 0.15) is 73.3 Å². The van der Waals surface area contributed by atoms with Crippen molar-refractivity contribution in [3.8, 4) is 0 Å². The Morgan fingerprint density at radius 2 is 1.30 bits per heavy atom. The summed E-state index contributed by atoms with van der Waals surface area (Å²) in [5.74, 6) is 0.725. The van der Waals surface area contributed by atoms with Crippen molar-refractivity contribution < 1.29 is 0 Å². The van der Waals surface area contributed by atoms with Crippen LogP contribution in [0.25, 0.3) is 12.2 Å². The number of benzene rings is 2. The molecule has 0 bridgehead atoms. The molecule has 0 amide bonds. The van der Waals surface area contributed by atoms with Gasteiger partial charge in [0.25, 0.3) is 0 Å². The summed E-state index contributed by atoms with van der Waals surface area (Å²) in [7, 11) is 0. The summed E-state index contributed by atoms with van der Waals surface area (Å²) in [4.78, 5) is 0. The van der Waals surface area contributed by atoms with Crippen molar-refractivity contribution in [2.45, 2.75) is 59.3 Å². The van der Waals surface area contributed by atoms with E-state index < -0.39 is 0 Å². The lowest BCUT2D eigenvalue weighted by Crippen LogP contribution is -1.98. The van der Waals surface area contributed by atoms with Gasteiger partial charge in [0.15, 0.2) is 0 Å². The molecule has 23 heavy (non-hydrogen) atoms. The van der Waals surface area contributed by atoms with Crippen LogP contribution >= 0.6 is 0 Å². The molecule has 0 N–H and O–H groups in total. The molecule has 0 atom stereocenters. The van der Waals surface area contributed by atoms with Crippen molar-refractivity contribution >= 4 is 12.2 Å². The van der Waals surface area contributed by atoms with Crippen LogP contribution in [-0.2, 0) is 0 Å². The van der Waals surface area contributed by atoms with Gasteiger partial charge < -0.3 is 0 Å². The van der Waals surface area contributed by atoms with Gasteiger partial charge in [-0.2, -0.15) is 0 Å². The maximum Gasteiger partial charge on any atom is -0.0162 e. The summed E-state index contributed by atoms with van der Waals surface area (Å²) < 4.78 is 0. The van der Waals surface area contributed by atoms with Crippen molar-refractivity contribution in [2.24, 2.45) is 0 Å². The molecule has 0 aliphatic heterocycles. The van der Waals surface area contributed by atoms with Crippen molar-refractivity contribution in [3.05, 3.63) is 70.3 Å². The second kappa shape index (κ2) is 8.72. The largest absolute Gasteiger partial charge is 0.0654 e. The molecule has 0 saturated carbocycles. The fourth-order valence-electron chi connectivity index (χ4n) is 3.11. The molecule has 0 aliphatic carbocycles. The van der Waals surface area contributed by atoms with Crippen LogP contribution in [0.2, 0.25) is 0 Å². The predicted octanol–water partition coefficient (Wildman–Crippen LogP) is 7.16. The average Bonchev–Trinajstić information content (AvgIpc) is 2.56. The lowest BCUT2D eigenvalue weighted by molar-refractivity contribution is 0.561. The molecule has 2 aromatic rings. The zero-order valence-corrected chi connectivity index (χ0v) is 15.1. The first-order valence-electron chi connectivity index (χ1n) is 8.99. The van der Waals surface area contributed by atoms with Gasteiger partial charge in [-0.1, -0.05) is 81.3 Å². The van der Waals surface area contributed by atoms with E-state index in [1.807, 2.05) is 0 Å². The molecule has 0 spiro atoms. The van der Waals surface area contributed by atoms with Gasteiger partial charge in [-0.05, 0) is 60.4 Å². The van der Waals surface area contributed by atoms with Crippen LogP contribution in [0.15, 0.2) is 42.5 Å². The lowest BCUT2D eigenvalue weighted by Gasteiger charge is -2.15. The standard InChI is InChI=1S/C23H30/c1-5-7-22(8-6-2)23-15-13-20(14-16-23)11-12-21-10-9-18(3)19(4)17-21/h9-17,22H,5-8H2,1-4H3/b12-11+. The first-order valence-corrected chi connectivity index (χ1v) is 8.99. The Hall–Kier alpha value is -1.82. The summed E-state index contributed by atoms with van der Waals surface area (Å²) in [6.45, 7) is 8.89. The Labute approximate surface area is 142 Å². The molecule has 0 nitrogen and oxygen atoms in total. The second-order valence-electron chi connectivity index (χ2n) is 6.62. The maximum atomic E-state index is 2.32. The first kappa shape index (κ1) is 17.5. The van der Waals surface area contributed by atoms with E-state index in [1.54, 1.807) is 0 Å². The van der Waals surface area contributed by atoms with E-state index in [9.17, 15) is 0 Å². The highest BCUT2D eigenvalue weighted by atomic mass is 14.1. The molecular weight excluding hydrogens is 276 g/mol. The topological polar surface area (TPSA) is 0 Å². The van der Waals surface area contributed by atoms with E-state index >= 15 is 0 Å². The molecule has 0 heterocycles. The van der Waals surface area contributed by atoms with Crippen LogP contribution in [0.3, 0.4) is 0 Å². The van der Waals surface area contributed by atoms with Crippen molar-refractivity contribution in [1.82, 2.24) is 0 Å². The van der Waals surface area contributed by atoms with E-state index in [4.69, 9.17) is 0 Å². The monoisotopic (exact) mass is 306 g/mol. The molecule has 122 valence electrons. The third-order valence-corrected chi connectivity index (χ3v) is 4.68. The van der Waals surface area contributed by atoms with Gasteiger partial charge in [0.1, 0.15) is 0 Å². The Balaban J connectivity index is 2.09. The Morgan fingerprint density at radius 3 is 1.87 bits per heavy atom. The zero-order valence-electron chi connectivity index (χ0n) is 15.1. The van der Waals surface area contributed by atoms with Gasteiger partial charge in [0.05, 0.1) is 0 Å². The summed E-state index contributed by atoms with van der Waals surface area (Å²) in [5, 5.41) is 0. The molecule has 0 heteroatoms. The summed E-state index contributed by atoms with van der Waals surface area (Å²) in [5.41, 5.74) is 6.75. The minimum absolute atomic E-state index is 0.725. The SMILES string of the molecule is CCCC(CCC)c1ccc(/C=C/c2ccc(C)c(C)c2)cc1. The molecule has 2 aromatic carbocycles. The molecule has 0 unspecified atom stereocenters. The third-order valence-electron chi connectivity index (χ3n) is 4.68. The van der Waals surface area contributed by atoms with Crippen LogP contribution < -0.4 is 0 Å². The quantitative estimate of drug-likeness (QED) is 0.476. The molecule has 2 rings (SSSR count). The second-order valence-corrected chi connectivity index (χ2v) is 6.62. The summed E-state index contributed by atoms with van der Waals surface area (Å²) >= 11 is 0. The molecule has 0 radical (unpaired) electrons. The highest BCUT2D eigenvalue weighted by Crippen LogP contribution is 2.26. The number of aryl methyl sites for hydroxylation is 2. The van der Waals surface area contributed by atoms with Gasteiger partial charge in [0, 0.05) is 0 Å². The van der Waals surface area contributed by atoms with E-state index in [2.05, 4.69) is 82.3 Å². The highest BCUT2D eigenvalue weighted by Gasteiger charge is 2.08. The van der Waals surface area contributed by atoms with Gasteiger partial charge in [0.2, 0.25) is 0 Å². The highest BCUT2D eigenvalue weighted by molar-refractivity contribution is 5.70. The van der Waals surface area contributed by atoms with E-state index in [-0.39, 0.29) is 0 Å². The van der Waals surface area contributed by atoms with Crippen molar-refractivity contribution in [3.63, 3.8) is 0 Å². The molecule has 0 aromatic heterocycles. The Bertz CT molecular complexity index is 626. The minimum atomic E-state index is 0.725. The smallest absolute Gasteiger partial charge is 0.0162 e. The van der Waals surface area contributed by atoms with E-state index in [0.29, 0.717) is 0 Å². The van der Waals surface area contributed by atoms with Gasteiger partial charge in [-0.3, -0.25) is 0 Å². The number of hydrogen-bond acceptors (Lipinski definition) is 0. The maximum absolute atomic E-state index is 2.32. The summed E-state index contributed by atoms with van der Waals surface area (Å²) in [6.07, 6.45) is 9.54. The third kappa shape index (κ3) is 5.10. The fraction of sp³-hybridized carbons (Fsp3) is 0.391. The Morgan fingerprint density at radius 1 is 0.739 bits per heavy atom. The number of hydrogen-bond donors (Lipinski definition) is 0. The van der Waals surface area contributed by atoms with Crippen LogP contribution in [-0.4, -0.2) is 0 Å².